The first-order valence-electron chi connectivity index (χ1n) is 6.38. The average Bonchev–Trinajstić information content (AvgIpc) is 2.79. The van der Waals surface area contributed by atoms with Gasteiger partial charge >= 0.3 is 0 Å². The molecular weight excluding hydrogens is 218 g/mol. The van der Waals surface area contributed by atoms with Gasteiger partial charge in [0.05, 0.1) is 19.1 Å². The zero-order valence-corrected chi connectivity index (χ0v) is 10.4. The van der Waals surface area contributed by atoms with E-state index in [0.717, 1.165) is 24.9 Å². The summed E-state index contributed by atoms with van der Waals surface area (Å²) in [5.41, 5.74) is 0.175. The van der Waals surface area contributed by atoms with Gasteiger partial charge in [-0.2, -0.15) is 4.98 Å². The van der Waals surface area contributed by atoms with E-state index in [9.17, 15) is 0 Å². The number of hydrogen-bond donors (Lipinski definition) is 1. The molecule has 2 aliphatic rings. The van der Waals surface area contributed by atoms with E-state index >= 15 is 0 Å². The standard InChI is InChI=1S/C12H19N3O2/c1-3-13-9-7-16-6-8(9)10-14-11(15-17-10)12(2)4-5-12/h8-9,13H,3-7H2,1-2H3. The Balaban J connectivity index is 1.76. The van der Waals surface area contributed by atoms with Gasteiger partial charge in [-0.15, -0.1) is 0 Å². The lowest BCUT2D eigenvalue weighted by Gasteiger charge is -2.14. The number of hydrogen-bond acceptors (Lipinski definition) is 5. The summed E-state index contributed by atoms with van der Waals surface area (Å²) < 4.78 is 10.9. The zero-order chi connectivity index (χ0) is 11.9. The van der Waals surface area contributed by atoms with Crippen molar-refractivity contribution in [2.24, 2.45) is 0 Å². The minimum Gasteiger partial charge on any atom is -0.379 e. The molecule has 5 nitrogen and oxygen atoms in total. The zero-order valence-electron chi connectivity index (χ0n) is 10.4. The summed E-state index contributed by atoms with van der Waals surface area (Å²) in [5, 5.41) is 7.52. The average molecular weight is 237 g/mol. The third-order valence-corrected chi connectivity index (χ3v) is 3.85. The maximum Gasteiger partial charge on any atom is 0.233 e. The second kappa shape index (κ2) is 4.07. The molecule has 0 bridgehead atoms. The van der Waals surface area contributed by atoms with Gasteiger partial charge in [0.15, 0.2) is 5.82 Å². The summed E-state index contributed by atoms with van der Waals surface area (Å²) in [6.07, 6.45) is 2.34. The topological polar surface area (TPSA) is 60.2 Å². The molecule has 0 spiro atoms. The Morgan fingerprint density at radius 1 is 1.41 bits per heavy atom. The summed E-state index contributed by atoms with van der Waals surface area (Å²) in [7, 11) is 0. The lowest BCUT2D eigenvalue weighted by Crippen LogP contribution is -2.34. The fourth-order valence-corrected chi connectivity index (χ4v) is 2.30. The van der Waals surface area contributed by atoms with E-state index in [1.165, 1.54) is 12.8 Å². The van der Waals surface area contributed by atoms with Crippen molar-refractivity contribution < 1.29 is 9.26 Å². The first-order valence-corrected chi connectivity index (χ1v) is 6.38. The lowest BCUT2D eigenvalue weighted by molar-refractivity contribution is 0.185. The predicted octanol–water partition coefficient (Wildman–Crippen LogP) is 1.21. The Labute approximate surface area is 101 Å². The van der Waals surface area contributed by atoms with Gasteiger partial charge in [-0.3, -0.25) is 0 Å². The fraction of sp³-hybridized carbons (Fsp3) is 0.833. The van der Waals surface area contributed by atoms with Gasteiger partial charge in [0.1, 0.15) is 0 Å². The van der Waals surface area contributed by atoms with Gasteiger partial charge in [0, 0.05) is 11.5 Å². The van der Waals surface area contributed by atoms with Crippen molar-refractivity contribution in [3.8, 4) is 0 Å². The van der Waals surface area contributed by atoms with E-state index in [2.05, 4.69) is 29.3 Å². The number of rotatable bonds is 4. The highest BCUT2D eigenvalue weighted by Crippen LogP contribution is 2.46. The summed E-state index contributed by atoms with van der Waals surface area (Å²) in [6, 6.07) is 0.306. The van der Waals surface area contributed by atoms with Crippen LogP contribution in [0.2, 0.25) is 0 Å². The fourth-order valence-electron chi connectivity index (χ4n) is 2.30. The molecule has 1 aromatic heterocycles. The van der Waals surface area contributed by atoms with Gasteiger partial charge in [-0.1, -0.05) is 19.0 Å². The van der Waals surface area contributed by atoms with E-state index in [0.29, 0.717) is 12.6 Å². The van der Waals surface area contributed by atoms with Gasteiger partial charge in [-0.05, 0) is 19.4 Å². The first kappa shape index (κ1) is 11.2. The van der Waals surface area contributed by atoms with Gasteiger partial charge in [0.2, 0.25) is 5.89 Å². The third kappa shape index (κ3) is 1.98. The molecule has 2 heterocycles. The van der Waals surface area contributed by atoms with Gasteiger partial charge in [-0.25, -0.2) is 0 Å². The number of ether oxygens (including phenoxy) is 1. The Morgan fingerprint density at radius 2 is 2.24 bits per heavy atom. The molecule has 2 unspecified atom stereocenters. The van der Waals surface area contributed by atoms with Crippen LogP contribution in [0.3, 0.4) is 0 Å². The molecule has 0 aromatic carbocycles. The molecule has 1 saturated carbocycles. The monoisotopic (exact) mass is 237 g/mol. The van der Waals surface area contributed by atoms with Crippen molar-refractivity contribution in [3.63, 3.8) is 0 Å². The van der Waals surface area contributed by atoms with Crippen LogP contribution in [0, 0.1) is 0 Å². The van der Waals surface area contributed by atoms with Crippen molar-refractivity contribution in [2.75, 3.05) is 19.8 Å². The summed E-state index contributed by atoms with van der Waals surface area (Å²) in [4.78, 5) is 4.56. The minimum atomic E-state index is 0.175. The summed E-state index contributed by atoms with van der Waals surface area (Å²) in [6.45, 7) is 6.63. The normalized spacial score (nSPS) is 30.7. The maximum atomic E-state index is 5.50. The third-order valence-electron chi connectivity index (χ3n) is 3.85. The van der Waals surface area contributed by atoms with Crippen LogP contribution < -0.4 is 5.32 Å². The van der Waals surface area contributed by atoms with E-state index in [1.54, 1.807) is 0 Å². The largest absolute Gasteiger partial charge is 0.379 e. The van der Waals surface area contributed by atoms with Crippen LogP contribution in [0.15, 0.2) is 4.52 Å². The summed E-state index contributed by atoms with van der Waals surface area (Å²) in [5.74, 6) is 1.81. The van der Waals surface area contributed by atoms with Crippen LogP contribution in [-0.4, -0.2) is 35.9 Å². The highest BCUT2D eigenvalue weighted by Gasteiger charge is 2.44. The minimum absolute atomic E-state index is 0.175. The Bertz CT molecular complexity index is 400. The number of nitrogens with one attached hydrogen (secondary N) is 1. The maximum absolute atomic E-state index is 5.50. The lowest BCUT2D eigenvalue weighted by atomic mass is 10.0. The van der Waals surface area contributed by atoms with E-state index in [4.69, 9.17) is 9.26 Å². The van der Waals surface area contributed by atoms with Crippen molar-refractivity contribution in [3.05, 3.63) is 11.7 Å². The van der Waals surface area contributed by atoms with Gasteiger partial charge < -0.3 is 14.6 Å². The van der Waals surface area contributed by atoms with Crippen LogP contribution in [-0.2, 0) is 10.2 Å². The second-order valence-electron chi connectivity index (χ2n) is 5.33. The molecule has 17 heavy (non-hydrogen) atoms. The Hall–Kier alpha value is -0.940. The van der Waals surface area contributed by atoms with Crippen molar-refractivity contribution in [1.82, 2.24) is 15.5 Å². The quantitative estimate of drug-likeness (QED) is 0.853. The highest BCUT2D eigenvalue weighted by atomic mass is 16.5. The molecule has 0 amide bonds. The van der Waals surface area contributed by atoms with Crippen LogP contribution in [0.25, 0.3) is 0 Å². The molecule has 2 atom stereocenters. The molecule has 1 aliphatic heterocycles. The van der Waals surface area contributed by atoms with Crippen LogP contribution in [0.1, 0.15) is 44.3 Å². The van der Waals surface area contributed by atoms with Gasteiger partial charge in [0.25, 0.3) is 0 Å². The molecule has 1 aliphatic carbocycles. The van der Waals surface area contributed by atoms with Crippen molar-refractivity contribution in [2.45, 2.75) is 44.1 Å². The number of nitrogens with zero attached hydrogens (tertiary/aromatic N) is 2. The first-order chi connectivity index (χ1) is 8.23. The SMILES string of the molecule is CCNC1COCC1c1nc(C2(C)CC2)no1. The summed E-state index contributed by atoms with van der Waals surface area (Å²) >= 11 is 0. The Kier molecular flexibility index (Phi) is 2.67. The molecule has 94 valence electrons. The molecule has 2 fully saturated rings. The molecule has 3 rings (SSSR count). The van der Waals surface area contributed by atoms with Crippen LogP contribution in [0.5, 0.6) is 0 Å². The van der Waals surface area contributed by atoms with Crippen LogP contribution >= 0.6 is 0 Å². The van der Waals surface area contributed by atoms with Crippen molar-refractivity contribution in [1.29, 1.82) is 0 Å². The van der Waals surface area contributed by atoms with Crippen LogP contribution in [0.4, 0.5) is 0 Å². The van der Waals surface area contributed by atoms with E-state index in [-0.39, 0.29) is 11.3 Å². The molecular formula is C12H19N3O2. The van der Waals surface area contributed by atoms with E-state index < -0.39 is 0 Å². The smallest absolute Gasteiger partial charge is 0.233 e. The molecule has 1 saturated heterocycles. The second-order valence-corrected chi connectivity index (χ2v) is 5.33. The molecule has 1 aromatic rings. The number of likely N-dealkylation sites (N-methyl/N-ethyl adjacent to an activating group) is 1. The van der Waals surface area contributed by atoms with Crippen molar-refractivity contribution >= 4 is 0 Å². The highest BCUT2D eigenvalue weighted by molar-refractivity contribution is 5.15. The molecule has 5 heteroatoms. The molecule has 1 N–H and O–H groups in total. The predicted molar refractivity (Wildman–Crippen MR) is 61.9 cm³/mol. The van der Waals surface area contributed by atoms with E-state index in [1.807, 2.05) is 0 Å². The number of aromatic nitrogens is 2. The molecule has 0 radical (unpaired) electrons. The Morgan fingerprint density at radius 3 is 2.94 bits per heavy atom.